The van der Waals surface area contributed by atoms with Gasteiger partial charge in [-0.1, -0.05) is 12.1 Å². The molecular weight excluding hydrogens is 551 g/mol. The summed E-state index contributed by atoms with van der Waals surface area (Å²) in [5.41, 5.74) is -2.00. The highest BCUT2D eigenvalue weighted by Crippen LogP contribution is 2.59. The van der Waals surface area contributed by atoms with Gasteiger partial charge in [0.1, 0.15) is 17.8 Å². The Hall–Kier alpha value is -3.71. The molecule has 1 aliphatic carbocycles. The molecule has 4 heterocycles. The third-order valence-corrected chi connectivity index (χ3v) is 8.92. The summed E-state index contributed by atoms with van der Waals surface area (Å²) in [6.45, 7) is 0.580. The molecule has 3 fully saturated rings. The van der Waals surface area contributed by atoms with Crippen molar-refractivity contribution in [3.05, 3.63) is 53.1 Å². The fourth-order valence-corrected chi connectivity index (χ4v) is 6.46. The summed E-state index contributed by atoms with van der Waals surface area (Å²) in [5, 5.41) is 5.16. The number of alkyl halides is 3. The second kappa shape index (κ2) is 9.98. The SMILES string of the molecule is O=C1CN(C2CCN(C(=O)N[C@@H]3CC[C@@H](c4cccc(F)c4F)Cn4c(C5(C(F)(F)F)CC5)cnc43)CC2)C(=O)N1. The van der Waals surface area contributed by atoms with Gasteiger partial charge in [-0.05, 0) is 50.2 Å². The number of aromatic nitrogens is 2. The molecule has 2 aromatic rings. The van der Waals surface area contributed by atoms with Crippen LogP contribution in [0.25, 0.3) is 0 Å². The molecule has 14 heteroatoms. The van der Waals surface area contributed by atoms with Gasteiger partial charge in [0.05, 0.1) is 11.7 Å². The molecule has 3 aliphatic heterocycles. The van der Waals surface area contributed by atoms with Crippen LogP contribution in [0.3, 0.4) is 0 Å². The van der Waals surface area contributed by atoms with E-state index in [1.165, 1.54) is 27.8 Å². The van der Waals surface area contributed by atoms with Crippen molar-refractivity contribution in [1.82, 2.24) is 30.0 Å². The molecule has 6 rings (SSSR count). The Balaban J connectivity index is 1.23. The fraction of sp³-hybridized carbons (Fsp3) is 0.556. The summed E-state index contributed by atoms with van der Waals surface area (Å²) in [6.07, 6.45) is -2.01. The van der Waals surface area contributed by atoms with Crippen molar-refractivity contribution >= 4 is 18.0 Å². The summed E-state index contributed by atoms with van der Waals surface area (Å²) in [5.74, 6) is -2.81. The lowest BCUT2D eigenvalue weighted by molar-refractivity contribution is -0.162. The predicted octanol–water partition coefficient (Wildman–Crippen LogP) is 4.10. The van der Waals surface area contributed by atoms with Crippen molar-refractivity contribution in [1.29, 1.82) is 0 Å². The molecule has 41 heavy (non-hydrogen) atoms. The summed E-state index contributed by atoms with van der Waals surface area (Å²) in [4.78, 5) is 44.2. The Kier molecular flexibility index (Phi) is 6.68. The maximum atomic E-state index is 14.8. The molecule has 0 spiro atoms. The van der Waals surface area contributed by atoms with Crippen LogP contribution in [0.4, 0.5) is 31.5 Å². The van der Waals surface area contributed by atoms with E-state index in [2.05, 4.69) is 15.6 Å². The van der Waals surface area contributed by atoms with Crippen molar-refractivity contribution in [2.75, 3.05) is 19.6 Å². The third kappa shape index (κ3) is 4.80. The molecule has 220 valence electrons. The molecule has 0 radical (unpaired) electrons. The topological polar surface area (TPSA) is 99.6 Å². The maximum absolute atomic E-state index is 14.8. The Bertz CT molecular complexity index is 1380. The molecule has 1 aromatic heterocycles. The predicted molar refractivity (Wildman–Crippen MR) is 134 cm³/mol. The number of amides is 5. The molecule has 5 amide bonds. The van der Waals surface area contributed by atoms with Gasteiger partial charge in [0.2, 0.25) is 5.91 Å². The number of imide groups is 1. The first-order chi connectivity index (χ1) is 19.5. The molecule has 0 unspecified atom stereocenters. The van der Waals surface area contributed by atoms with E-state index in [0.717, 1.165) is 6.07 Å². The molecule has 9 nitrogen and oxygen atoms in total. The molecule has 2 saturated heterocycles. The number of hydrogen-bond donors (Lipinski definition) is 2. The summed E-state index contributed by atoms with van der Waals surface area (Å²) in [7, 11) is 0. The number of likely N-dealkylation sites (tertiary alicyclic amines) is 1. The largest absolute Gasteiger partial charge is 0.399 e. The first-order valence-corrected chi connectivity index (χ1v) is 13.7. The van der Waals surface area contributed by atoms with Crippen LogP contribution in [0.2, 0.25) is 0 Å². The van der Waals surface area contributed by atoms with Crippen molar-refractivity contribution in [3.8, 4) is 0 Å². The molecule has 1 aromatic carbocycles. The lowest BCUT2D eigenvalue weighted by Crippen LogP contribution is -2.50. The Morgan fingerprint density at radius 3 is 2.44 bits per heavy atom. The van der Waals surface area contributed by atoms with Gasteiger partial charge >= 0.3 is 18.2 Å². The lowest BCUT2D eigenvalue weighted by Gasteiger charge is -2.36. The van der Waals surface area contributed by atoms with Gasteiger partial charge in [0.15, 0.2) is 11.6 Å². The second-order valence-corrected chi connectivity index (χ2v) is 11.3. The van der Waals surface area contributed by atoms with Gasteiger partial charge in [0.25, 0.3) is 0 Å². The van der Waals surface area contributed by atoms with Crippen LogP contribution in [-0.2, 0) is 16.8 Å². The first kappa shape index (κ1) is 27.5. The summed E-state index contributed by atoms with van der Waals surface area (Å²) < 4.78 is 72.7. The second-order valence-electron chi connectivity index (χ2n) is 11.3. The fourth-order valence-electron chi connectivity index (χ4n) is 6.46. The van der Waals surface area contributed by atoms with E-state index in [4.69, 9.17) is 0 Å². The number of benzene rings is 1. The van der Waals surface area contributed by atoms with E-state index in [0.29, 0.717) is 25.9 Å². The van der Waals surface area contributed by atoms with Crippen molar-refractivity contribution < 1.29 is 36.3 Å². The minimum absolute atomic E-state index is 0.0186. The number of rotatable bonds is 4. The van der Waals surface area contributed by atoms with E-state index in [-0.39, 0.29) is 67.8 Å². The number of fused-ring (bicyclic) bond motifs is 1. The zero-order chi connectivity index (χ0) is 29.1. The van der Waals surface area contributed by atoms with E-state index in [9.17, 15) is 36.3 Å². The van der Waals surface area contributed by atoms with Crippen molar-refractivity contribution in [2.45, 2.75) is 74.7 Å². The lowest BCUT2D eigenvalue weighted by atomic mass is 9.92. The smallest absolute Gasteiger partial charge is 0.329 e. The molecule has 2 atom stereocenters. The van der Waals surface area contributed by atoms with Crippen molar-refractivity contribution in [2.24, 2.45) is 0 Å². The molecule has 0 bridgehead atoms. The maximum Gasteiger partial charge on any atom is 0.399 e. The highest BCUT2D eigenvalue weighted by Gasteiger charge is 2.66. The number of urea groups is 2. The highest BCUT2D eigenvalue weighted by atomic mass is 19.4. The monoisotopic (exact) mass is 580 g/mol. The molecular formula is C27H29F5N6O3. The number of nitrogens with zero attached hydrogens (tertiary/aromatic N) is 4. The Morgan fingerprint density at radius 1 is 1.07 bits per heavy atom. The third-order valence-electron chi connectivity index (χ3n) is 8.92. The number of nitrogens with one attached hydrogen (secondary N) is 2. The molecule has 4 aliphatic rings. The molecule has 1 saturated carbocycles. The number of halogens is 5. The van der Waals surface area contributed by atoms with E-state index in [1.807, 2.05) is 0 Å². The quantitative estimate of drug-likeness (QED) is 0.420. The Labute approximate surface area is 232 Å². The standard InChI is InChI=1S/C27H29F5N6O3/c28-18-3-1-2-17(22(18)29)15-4-5-19(23-33-12-20(38(23)13-15)26(8-9-26)27(30,31)32)34-24(40)36-10-6-16(7-11-36)37-14-21(39)35-25(37)41/h1-3,12,15-16,19H,4-11,13-14H2,(H,34,40)(H,35,39,41)/t15-,19-/m1/s1. The highest BCUT2D eigenvalue weighted by molar-refractivity contribution is 6.02. The first-order valence-electron chi connectivity index (χ1n) is 13.7. The van der Waals surface area contributed by atoms with Gasteiger partial charge in [-0.15, -0.1) is 0 Å². The number of carbonyl (C=O) groups excluding carboxylic acids is 3. The minimum Gasteiger partial charge on any atom is -0.329 e. The van der Waals surface area contributed by atoms with Gasteiger partial charge < -0.3 is 19.7 Å². The van der Waals surface area contributed by atoms with Crippen LogP contribution in [0, 0.1) is 11.6 Å². The van der Waals surface area contributed by atoms with Crippen LogP contribution in [0.5, 0.6) is 0 Å². The van der Waals surface area contributed by atoms with Crippen LogP contribution in [0.1, 0.15) is 67.6 Å². The van der Waals surface area contributed by atoms with Crippen LogP contribution < -0.4 is 10.6 Å². The van der Waals surface area contributed by atoms with E-state index < -0.39 is 47.2 Å². The normalized spacial score (nSPS) is 24.6. The van der Waals surface area contributed by atoms with Gasteiger partial charge in [-0.2, -0.15) is 13.2 Å². The minimum atomic E-state index is -4.50. The zero-order valence-electron chi connectivity index (χ0n) is 22.0. The zero-order valence-corrected chi connectivity index (χ0v) is 22.0. The Morgan fingerprint density at radius 2 is 1.80 bits per heavy atom. The molecule has 2 N–H and O–H groups in total. The summed E-state index contributed by atoms with van der Waals surface area (Å²) >= 11 is 0. The van der Waals surface area contributed by atoms with Crippen molar-refractivity contribution in [3.63, 3.8) is 0 Å². The number of imidazole rings is 1. The average Bonchev–Trinajstić information content (AvgIpc) is 3.59. The van der Waals surface area contributed by atoms with E-state index >= 15 is 0 Å². The number of piperidine rings is 1. The van der Waals surface area contributed by atoms with Crippen LogP contribution in [-0.4, -0.2) is 69.2 Å². The average molecular weight is 581 g/mol. The van der Waals surface area contributed by atoms with Gasteiger partial charge in [-0.25, -0.2) is 23.4 Å². The number of hydrogen-bond acceptors (Lipinski definition) is 4. The van der Waals surface area contributed by atoms with E-state index in [1.54, 1.807) is 4.90 Å². The summed E-state index contributed by atoms with van der Waals surface area (Å²) in [6, 6.07) is 1.98. The van der Waals surface area contributed by atoms with Crippen LogP contribution in [0.15, 0.2) is 24.4 Å². The van der Waals surface area contributed by atoms with Crippen LogP contribution >= 0.6 is 0 Å². The van der Waals surface area contributed by atoms with Gasteiger partial charge in [-0.3, -0.25) is 10.1 Å². The van der Waals surface area contributed by atoms with Gasteiger partial charge in [0, 0.05) is 37.8 Å². The number of carbonyl (C=O) groups is 3.